The average molecular weight is 271 g/mol. The van der Waals surface area contributed by atoms with E-state index in [4.69, 9.17) is 16.3 Å². The van der Waals surface area contributed by atoms with Crippen molar-refractivity contribution in [3.63, 3.8) is 0 Å². The van der Waals surface area contributed by atoms with Crippen LogP contribution in [-0.4, -0.2) is 44.7 Å². The van der Waals surface area contributed by atoms with Gasteiger partial charge in [-0.3, -0.25) is 0 Å². The Balaban J connectivity index is 2.16. The minimum Gasteiger partial charge on any atom is -0.489 e. The summed E-state index contributed by atoms with van der Waals surface area (Å²) in [6.45, 7) is 5.03. The lowest BCUT2D eigenvalue weighted by atomic mass is 10.3. The van der Waals surface area contributed by atoms with Crippen molar-refractivity contribution < 1.29 is 4.74 Å². The van der Waals surface area contributed by atoms with E-state index in [2.05, 4.69) is 31.2 Å². The molecule has 4 heteroatoms. The summed E-state index contributed by atoms with van der Waals surface area (Å²) in [7, 11) is 4.18. The van der Waals surface area contributed by atoms with Gasteiger partial charge in [0.25, 0.3) is 0 Å². The van der Waals surface area contributed by atoms with Gasteiger partial charge in [-0.2, -0.15) is 0 Å². The Labute approximate surface area is 115 Å². The van der Waals surface area contributed by atoms with E-state index in [1.807, 2.05) is 24.3 Å². The van der Waals surface area contributed by atoms with Gasteiger partial charge in [0.1, 0.15) is 11.9 Å². The minimum atomic E-state index is 0.142. The first-order chi connectivity index (χ1) is 8.58. The molecule has 102 valence electrons. The molecule has 0 saturated heterocycles. The van der Waals surface area contributed by atoms with Crippen molar-refractivity contribution in [3.8, 4) is 5.75 Å². The second-order valence-corrected chi connectivity index (χ2v) is 5.18. The van der Waals surface area contributed by atoms with Crippen molar-refractivity contribution >= 4 is 11.6 Å². The SMILES string of the molecule is CC(CNCCCN(C)C)Oc1cccc(Cl)c1. The maximum absolute atomic E-state index is 5.90. The Bertz CT molecular complexity index is 344. The average Bonchev–Trinajstić information content (AvgIpc) is 2.28. The number of hydrogen-bond donors (Lipinski definition) is 1. The molecule has 0 aliphatic rings. The van der Waals surface area contributed by atoms with Crippen LogP contribution in [0.3, 0.4) is 0 Å². The Morgan fingerprint density at radius 2 is 2.17 bits per heavy atom. The number of rotatable bonds is 8. The van der Waals surface area contributed by atoms with Crippen LogP contribution in [0, 0.1) is 0 Å². The van der Waals surface area contributed by atoms with Crippen molar-refractivity contribution in [2.24, 2.45) is 0 Å². The maximum Gasteiger partial charge on any atom is 0.121 e. The zero-order valence-electron chi connectivity index (χ0n) is 11.4. The fraction of sp³-hybridized carbons (Fsp3) is 0.571. The fourth-order valence-electron chi connectivity index (χ4n) is 1.64. The molecule has 0 saturated carbocycles. The molecule has 0 aromatic heterocycles. The van der Waals surface area contributed by atoms with E-state index in [1.165, 1.54) is 0 Å². The second-order valence-electron chi connectivity index (χ2n) is 4.75. The van der Waals surface area contributed by atoms with Gasteiger partial charge in [-0.05, 0) is 58.7 Å². The van der Waals surface area contributed by atoms with E-state index >= 15 is 0 Å². The van der Waals surface area contributed by atoms with Crippen molar-refractivity contribution in [3.05, 3.63) is 29.3 Å². The van der Waals surface area contributed by atoms with Crippen LogP contribution in [0.5, 0.6) is 5.75 Å². The molecule has 0 radical (unpaired) electrons. The van der Waals surface area contributed by atoms with Gasteiger partial charge in [-0.1, -0.05) is 17.7 Å². The number of nitrogens with zero attached hydrogens (tertiary/aromatic N) is 1. The topological polar surface area (TPSA) is 24.5 Å². The third-order valence-corrected chi connectivity index (χ3v) is 2.76. The van der Waals surface area contributed by atoms with Crippen LogP contribution in [0.15, 0.2) is 24.3 Å². The first-order valence-electron chi connectivity index (χ1n) is 6.35. The summed E-state index contributed by atoms with van der Waals surface area (Å²) in [5.41, 5.74) is 0. The Morgan fingerprint density at radius 3 is 2.83 bits per heavy atom. The molecule has 3 nitrogen and oxygen atoms in total. The summed E-state index contributed by atoms with van der Waals surface area (Å²) in [4.78, 5) is 2.19. The zero-order chi connectivity index (χ0) is 13.4. The molecule has 1 atom stereocenters. The summed E-state index contributed by atoms with van der Waals surface area (Å²) in [6, 6.07) is 7.51. The summed E-state index contributed by atoms with van der Waals surface area (Å²) in [5, 5.41) is 4.10. The first kappa shape index (κ1) is 15.3. The molecule has 1 aromatic rings. The monoisotopic (exact) mass is 270 g/mol. The molecule has 0 heterocycles. The van der Waals surface area contributed by atoms with Gasteiger partial charge < -0.3 is 15.0 Å². The van der Waals surface area contributed by atoms with E-state index in [-0.39, 0.29) is 6.10 Å². The van der Waals surface area contributed by atoms with Crippen LogP contribution in [-0.2, 0) is 0 Å². The highest BCUT2D eigenvalue weighted by atomic mass is 35.5. The van der Waals surface area contributed by atoms with Crippen molar-refractivity contribution in [2.45, 2.75) is 19.4 Å². The Kier molecular flexibility index (Phi) is 7.09. The lowest BCUT2D eigenvalue weighted by Gasteiger charge is -2.16. The quantitative estimate of drug-likeness (QED) is 0.735. The lowest BCUT2D eigenvalue weighted by molar-refractivity contribution is 0.216. The van der Waals surface area contributed by atoms with E-state index in [0.717, 1.165) is 31.8 Å². The van der Waals surface area contributed by atoms with E-state index in [9.17, 15) is 0 Å². The highest BCUT2D eigenvalue weighted by molar-refractivity contribution is 6.30. The third kappa shape index (κ3) is 6.84. The summed E-state index contributed by atoms with van der Waals surface area (Å²) in [6.07, 6.45) is 1.29. The normalized spacial score (nSPS) is 12.7. The molecule has 0 fully saturated rings. The maximum atomic E-state index is 5.90. The van der Waals surface area contributed by atoms with Gasteiger partial charge in [0.2, 0.25) is 0 Å². The van der Waals surface area contributed by atoms with Gasteiger partial charge in [0.15, 0.2) is 0 Å². The Morgan fingerprint density at radius 1 is 1.39 bits per heavy atom. The molecule has 1 rings (SSSR count). The van der Waals surface area contributed by atoms with Gasteiger partial charge >= 0.3 is 0 Å². The van der Waals surface area contributed by atoms with Crippen LogP contribution in [0.25, 0.3) is 0 Å². The highest BCUT2D eigenvalue weighted by Crippen LogP contribution is 2.18. The molecule has 0 spiro atoms. The van der Waals surface area contributed by atoms with Crippen LogP contribution in [0.4, 0.5) is 0 Å². The standard InChI is InChI=1S/C14H23ClN2O/c1-12(11-16-8-5-9-17(2)3)18-14-7-4-6-13(15)10-14/h4,6-7,10,12,16H,5,8-9,11H2,1-3H3. The predicted molar refractivity (Wildman–Crippen MR) is 77.6 cm³/mol. The molecule has 0 bridgehead atoms. The van der Waals surface area contributed by atoms with Crippen molar-refractivity contribution in [2.75, 3.05) is 33.7 Å². The molecule has 1 N–H and O–H groups in total. The zero-order valence-corrected chi connectivity index (χ0v) is 12.2. The molecule has 0 amide bonds. The highest BCUT2D eigenvalue weighted by Gasteiger charge is 2.03. The van der Waals surface area contributed by atoms with Gasteiger partial charge in [0.05, 0.1) is 0 Å². The Hall–Kier alpha value is -0.770. The number of halogens is 1. The molecule has 18 heavy (non-hydrogen) atoms. The largest absolute Gasteiger partial charge is 0.489 e. The van der Waals surface area contributed by atoms with Gasteiger partial charge in [-0.25, -0.2) is 0 Å². The summed E-state index contributed by atoms with van der Waals surface area (Å²) < 4.78 is 5.77. The van der Waals surface area contributed by atoms with E-state index in [0.29, 0.717) is 5.02 Å². The van der Waals surface area contributed by atoms with Crippen molar-refractivity contribution in [1.29, 1.82) is 0 Å². The molecular weight excluding hydrogens is 248 g/mol. The molecule has 0 aliphatic heterocycles. The van der Waals surface area contributed by atoms with Gasteiger partial charge in [-0.15, -0.1) is 0 Å². The number of nitrogens with one attached hydrogen (secondary N) is 1. The number of hydrogen-bond acceptors (Lipinski definition) is 3. The fourth-order valence-corrected chi connectivity index (χ4v) is 1.82. The van der Waals surface area contributed by atoms with E-state index in [1.54, 1.807) is 0 Å². The van der Waals surface area contributed by atoms with Gasteiger partial charge in [0, 0.05) is 11.6 Å². The summed E-state index contributed by atoms with van der Waals surface area (Å²) in [5.74, 6) is 0.824. The molecular formula is C14H23ClN2O. The third-order valence-electron chi connectivity index (χ3n) is 2.52. The van der Waals surface area contributed by atoms with Crippen LogP contribution in [0.2, 0.25) is 5.02 Å². The second kappa shape index (κ2) is 8.35. The number of ether oxygens (including phenoxy) is 1. The van der Waals surface area contributed by atoms with Crippen LogP contribution < -0.4 is 10.1 Å². The number of benzene rings is 1. The summed E-state index contributed by atoms with van der Waals surface area (Å²) >= 11 is 5.90. The minimum absolute atomic E-state index is 0.142. The molecule has 1 aromatic carbocycles. The molecule has 1 unspecified atom stereocenters. The van der Waals surface area contributed by atoms with Crippen molar-refractivity contribution in [1.82, 2.24) is 10.2 Å². The first-order valence-corrected chi connectivity index (χ1v) is 6.73. The lowest BCUT2D eigenvalue weighted by Crippen LogP contribution is -2.30. The van der Waals surface area contributed by atoms with Crippen LogP contribution >= 0.6 is 11.6 Å². The molecule has 0 aliphatic carbocycles. The van der Waals surface area contributed by atoms with Crippen LogP contribution in [0.1, 0.15) is 13.3 Å². The van der Waals surface area contributed by atoms with E-state index < -0.39 is 0 Å². The smallest absolute Gasteiger partial charge is 0.121 e. The predicted octanol–water partition coefficient (Wildman–Crippen LogP) is 2.65.